The number of carboxylic acid groups (broad SMARTS) is 1. The van der Waals surface area contributed by atoms with Gasteiger partial charge in [0.1, 0.15) is 0 Å². The molecule has 0 heterocycles. The molecule has 0 aromatic heterocycles. The molecule has 1 N–H and O–H groups in total. The predicted molar refractivity (Wildman–Crippen MR) is 84.0 cm³/mol. The summed E-state index contributed by atoms with van der Waals surface area (Å²) in [5, 5.41) is 9.20. The normalized spacial score (nSPS) is 13.3. The Morgan fingerprint density at radius 3 is 2.29 bits per heavy atom. The number of hydrogen-bond donors (Lipinski definition) is 1. The van der Waals surface area contributed by atoms with Crippen molar-refractivity contribution in [2.45, 2.75) is 33.1 Å². The number of sulfone groups is 1. The summed E-state index contributed by atoms with van der Waals surface area (Å²) in [7, 11) is -3.30. The lowest BCUT2D eigenvalue weighted by Gasteiger charge is -2.14. The Morgan fingerprint density at radius 1 is 1.14 bits per heavy atom. The van der Waals surface area contributed by atoms with Crippen molar-refractivity contribution in [1.82, 2.24) is 0 Å². The van der Waals surface area contributed by atoms with E-state index in [1.54, 1.807) is 0 Å². The molecular weight excluding hydrogens is 288 g/mol. The van der Waals surface area contributed by atoms with E-state index in [4.69, 9.17) is 0 Å². The first-order valence-electron chi connectivity index (χ1n) is 7.27. The van der Waals surface area contributed by atoms with Gasteiger partial charge in [-0.25, -0.2) is 8.42 Å². The molecular formula is C16H24O4S. The molecule has 0 bridgehead atoms. The van der Waals surface area contributed by atoms with E-state index in [-0.39, 0.29) is 17.4 Å². The van der Waals surface area contributed by atoms with Crippen LogP contribution in [0.3, 0.4) is 0 Å². The Kier molecular flexibility index (Phi) is 6.89. The first-order valence-corrected chi connectivity index (χ1v) is 9.09. The highest BCUT2D eigenvalue weighted by atomic mass is 32.2. The summed E-state index contributed by atoms with van der Waals surface area (Å²) in [6, 6.07) is 9.80. The molecule has 0 aliphatic carbocycles. The lowest BCUT2D eigenvalue weighted by Crippen LogP contribution is -2.27. The third kappa shape index (κ3) is 7.27. The molecule has 1 aromatic carbocycles. The van der Waals surface area contributed by atoms with E-state index in [2.05, 4.69) is 0 Å². The van der Waals surface area contributed by atoms with E-state index >= 15 is 0 Å². The third-order valence-electron chi connectivity index (χ3n) is 3.25. The minimum Gasteiger partial charge on any atom is -0.481 e. The smallest absolute Gasteiger partial charge is 0.307 e. The molecule has 0 aliphatic heterocycles. The second-order valence-corrected chi connectivity index (χ2v) is 8.04. The van der Waals surface area contributed by atoms with Crippen LogP contribution in [0.1, 0.15) is 32.3 Å². The van der Waals surface area contributed by atoms with Crippen molar-refractivity contribution in [1.29, 1.82) is 0 Å². The average Bonchev–Trinajstić information content (AvgIpc) is 2.37. The summed E-state index contributed by atoms with van der Waals surface area (Å²) in [6.45, 7) is 3.64. The van der Waals surface area contributed by atoms with E-state index in [0.29, 0.717) is 12.8 Å². The lowest BCUT2D eigenvalue weighted by atomic mass is 10.0. The number of aliphatic carboxylic acids is 1. The van der Waals surface area contributed by atoms with E-state index < -0.39 is 21.7 Å². The fourth-order valence-electron chi connectivity index (χ4n) is 2.36. The van der Waals surface area contributed by atoms with Crippen molar-refractivity contribution in [2.75, 3.05) is 11.5 Å². The highest BCUT2D eigenvalue weighted by molar-refractivity contribution is 7.91. The lowest BCUT2D eigenvalue weighted by molar-refractivity contribution is -0.141. The van der Waals surface area contributed by atoms with Gasteiger partial charge in [-0.3, -0.25) is 4.79 Å². The van der Waals surface area contributed by atoms with Crippen LogP contribution in [0.2, 0.25) is 0 Å². The van der Waals surface area contributed by atoms with Gasteiger partial charge in [0.2, 0.25) is 0 Å². The molecule has 0 fully saturated rings. The van der Waals surface area contributed by atoms with Crippen LogP contribution in [0, 0.1) is 11.8 Å². The van der Waals surface area contributed by atoms with Crippen molar-refractivity contribution in [3.8, 4) is 0 Å². The van der Waals surface area contributed by atoms with Gasteiger partial charge < -0.3 is 5.11 Å². The predicted octanol–water partition coefficient (Wildman–Crippen LogP) is 2.78. The molecule has 118 valence electrons. The summed E-state index contributed by atoms with van der Waals surface area (Å²) in [5.41, 5.74) is 1.15. The van der Waals surface area contributed by atoms with Crippen molar-refractivity contribution < 1.29 is 18.3 Å². The van der Waals surface area contributed by atoms with Crippen LogP contribution in [-0.4, -0.2) is 31.0 Å². The number of rotatable bonds is 9. The average molecular weight is 312 g/mol. The van der Waals surface area contributed by atoms with Crippen LogP contribution in [-0.2, 0) is 21.1 Å². The Labute approximate surface area is 127 Å². The molecule has 21 heavy (non-hydrogen) atoms. The molecule has 5 heteroatoms. The first-order chi connectivity index (χ1) is 9.80. The zero-order valence-electron chi connectivity index (χ0n) is 12.7. The van der Waals surface area contributed by atoms with Gasteiger partial charge in [-0.1, -0.05) is 44.2 Å². The van der Waals surface area contributed by atoms with Crippen LogP contribution in [0.5, 0.6) is 0 Å². The second kappa shape index (κ2) is 8.17. The summed E-state index contributed by atoms with van der Waals surface area (Å²) in [4.78, 5) is 11.2. The summed E-state index contributed by atoms with van der Waals surface area (Å²) in [5.74, 6) is -2.01. The van der Waals surface area contributed by atoms with E-state index in [0.717, 1.165) is 12.0 Å². The SMILES string of the molecule is CC(C)CS(=O)(=O)CC(CCCc1ccccc1)C(=O)O. The van der Waals surface area contributed by atoms with Crippen molar-refractivity contribution in [2.24, 2.45) is 11.8 Å². The Balaban J connectivity index is 2.53. The zero-order chi connectivity index (χ0) is 15.9. The maximum absolute atomic E-state index is 11.9. The number of carbonyl (C=O) groups is 1. The Hall–Kier alpha value is -1.36. The van der Waals surface area contributed by atoms with Crippen molar-refractivity contribution in [3.63, 3.8) is 0 Å². The molecule has 0 saturated heterocycles. The van der Waals surface area contributed by atoms with Crippen LogP contribution >= 0.6 is 0 Å². The fraction of sp³-hybridized carbons (Fsp3) is 0.562. The number of aryl methyl sites for hydroxylation is 1. The molecule has 0 radical (unpaired) electrons. The van der Waals surface area contributed by atoms with Crippen LogP contribution in [0.15, 0.2) is 30.3 Å². The fourth-order valence-corrected chi connectivity index (χ4v) is 4.43. The molecule has 1 rings (SSSR count). The van der Waals surface area contributed by atoms with Gasteiger partial charge in [0, 0.05) is 0 Å². The highest BCUT2D eigenvalue weighted by Crippen LogP contribution is 2.15. The minimum atomic E-state index is -3.30. The van der Waals surface area contributed by atoms with E-state index in [1.165, 1.54) is 0 Å². The summed E-state index contributed by atoms with van der Waals surface area (Å²) >= 11 is 0. The summed E-state index contributed by atoms with van der Waals surface area (Å²) < 4.78 is 23.9. The van der Waals surface area contributed by atoms with Gasteiger partial charge >= 0.3 is 5.97 Å². The van der Waals surface area contributed by atoms with E-state index in [1.807, 2.05) is 44.2 Å². The highest BCUT2D eigenvalue weighted by Gasteiger charge is 2.25. The topological polar surface area (TPSA) is 71.4 Å². The zero-order valence-corrected chi connectivity index (χ0v) is 13.5. The maximum Gasteiger partial charge on any atom is 0.307 e. The Morgan fingerprint density at radius 2 is 1.76 bits per heavy atom. The van der Waals surface area contributed by atoms with Gasteiger partial charge in [0.05, 0.1) is 17.4 Å². The molecule has 4 nitrogen and oxygen atoms in total. The third-order valence-corrected chi connectivity index (χ3v) is 5.34. The van der Waals surface area contributed by atoms with Gasteiger partial charge in [0.15, 0.2) is 9.84 Å². The number of carboxylic acids is 1. The minimum absolute atomic E-state index is 0.0220. The monoisotopic (exact) mass is 312 g/mol. The summed E-state index contributed by atoms with van der Waals surface area (Å²) in [6.07, 6.45) is 1.84. The van der Waals surface area contributed by atoms with Crippen molar-refractivity contribution >= 4 is 15.8 Å². The Bertz CT molecular complexity index is 535. The molecule has 0 spiro atoms. The van der Waals surface area contributed by atoms with E-state index in [9.17, 15) is 18.3 Å². The molecule has 1 atom stereocenters. The second-order valence-electron chi connectivity index (χ2n) is 5.88. The largest absolute Gasteiger partial charge is 0.481 e. The molecule has 0 amide bonds. The maximum atomic E-state index is 11.9. The molecule has 1 unspecified atom stereocenters. The van der Waals surface area contributed by atoms with Crippen LogP contribution < -0.4 is 0 Å². The molecule has 0 aliphatic rings. The van der Waals surface area contributed by atoms with Gasteiger partial charge in [-0.2, -0.15) is 0 Å². The standard InChI is InChI=1S/C16H24O4S/c1-13(2)11-21(19,20)12-15(16(17)18)10-6-9-14-7-4-3-5-8-14/h3-5,7-8,13,15H,6,9-12H2,1-2H3,(H,17,18). The van der Waals surface area contributed by atoms with Gasteiger partial charge in [-0.05, 0) is 30.7 Å². The van der Waals surface area contributed by atoms with Gasteiger partial charge in [-0.15, -0.1) is 0 Å². The molecule has 1 aromatic rings. The van der Waals surface area contributed by atoms with Gasteiger partial charge in [0.25, 0.3) is 0 Å². The quantitative estimate of drug-likeness (QED) is 0.761. The van der Waals surface area contributed by atoms with Crippen molar-refractivity contribution in [3.05, 3.63) is 35.9 Å². The molecule has 0 saturated carbocycles. The first kappa shape index (κ1) is 17.7. The van der Waals surface area contributed by atoms with Crippen LogP contribution in [0.25, 0.3) is 0 Å². The van der Waals surface area contributed by atoms with Crippen LogP contribution in [0.4, 0.5) is 0 Å². The number of benzene rings is 1. The number of hydrogen-bond acceptors (Lipinski definition) is 3.